The SMILES string of the molecule is COc1ccc2cccnc2c1S(=O)(=O)Nc1noc2cc(Cn3cccn3)nc(OC)c12. The molecule has 4 aromatic heterocycles. The number of hydrogen-bond donors (Lipinski definition) is 1. The van der Waals surface area contributed by atoms with E-state index in [1.54, 1.807) is 53.5 Å². The Kier molecular flexibility index (Phi) is 5.05. The highest BCUT2D eigenvalue weighted by molar-refractivity contribution is 7.93. The Balaban J connectivity index is 1.59. The third-order valence-electron chi connectivity index (χ3n) is 4.96. The van der Waals surface area contributed by atoms with Crippen molar-refractivity contribution in [1.82, 2.24) is 24.9 Å². The number of ether oxygens (including phenoxy) is 2. The summed E-state index contributed by atoms with van der Waals surface area (Å²) in [6, 6.07) is 10.3. The second-order valence-corrected chi connectivity index (χ2v) is 8.63. The molecule has 1 aromatic carbocycles. The van der Waals surface area contributed by atoms with Gasteiger partial charge in [-0.2, -0.15) is 5.10 Å². The van der Waals surface area contributed by atoms with Crippen LogP contribution in [-0.2, 0) is 16.6 Å². The minimum atomic E-state index is -4.18. The highest BCUT2D eigenvalue weighted by atomic mass is 32.2. The van der Waals surface area contributed by atoms with Gasteiger partial charge in [0, 0.05) is 30.0 Å². The molecule has 0 radical (unpaired) electrons. The van der Waals surface area contributed by atoms with Gasteiger partial charge in [-0.25, -0.2) is 13.4 Å². The number of fused-ring (bicyclic) bond motifs is 2. The van der Waals surface area contributed by atoms with E-state index in [1.807, 2.05) is 0 Å². The van der Waals surface area contributed by atoms with E-state index in [9.17, 15) is 8.42 Å². The summed E-state index contributed by atoms with van der Waals surface area (Å²) < 4.78 is 47.1. The van der Waals surface area contributed by atoms with E-state index in [0.717, 1.165) is 0 Å². The van der Waals surface area contributed by atoms with E-state index in [4.69, 9.17) is 14.0 Å². The summed E-state index contributed by atoms with van der Waals surface area (Å²) in [6.07, 6.45) is 4.97. The standard InChI is InChI=1S/C21H18N6O5S/c1-30-15-7-6-13-5-3-8-22-18(13)19(15)33(28,29)26-20-17-16(32-25-20)11-14(24-21(17)31-2)12-27-10-4-9-23-27/h3-11H,12H2,1-2H3,(H,25,26). The quantitative estimate of drug-likeness (QED) is 0.384. The molecule has 11 nitrogen and oxygen atoms in total. The maximum absolute atomic E-state index is 13.4. The van der Waals surface area contributed by atoms with Crippen molar-refractivity contribution in [2.45, 2.75) is 11.4 Å². The average molecular weight is 466 g/mol. The lowest BCUT2D eigenvalue weighted by Gasteiger charge is -2.12. The third-order valence-corrected chi connectivity index (χ3v) is 6.36. The van der Waals surface area contributed by atoms with Gasteiger partial charge in [0.15, 0.2) is 16.3 Å². The Morgan fingerprint density at radius 3 is 2.76 bits per heavy atom. The minimum Gasteiger partial charge on any atom is -0.495 e. The van der Waals surface area contributed by atoms with Crippen LogP contribution in [0.1, 0.15) is 5.69 Å². The summed E-state index contributed by atoms with van der Waals surface area (Å²) >= 11 is 0. The summed E-state index contributed by atoms with van der Waals surface area (Å²) in [4.78, 5) is 8.59. The van der Waals surface area contributed by atoms with Gasteiger partial charge >= 0.3 is 0 Å². The van der Waals surface area contributed by atoms with Gasteiger partial charge < -0.3 is 14.0 Å². The number of methoxy groups -OCH3 is 2. The van der Waals surface area contributed by atoms with Crippen molar-refractivity contribution >= 4 is 37.7 Å². The molecule has 12 heteroatoms. The number of nitrogens with zero attached hydrogens (tertiary/aromatic N) is 5. The van der Waals surface area contributed by atoms with Crippen LogP contribution in [0.5, 0.6) is 11.6 Å². The Hall–Kier alpha value is -4.19. The first-order chi connectivity index (χ1) is 16.0. The monoisotopic (exact) mass is 466 g/mol. The van der Waals surface area contributed by atoms with Crippen LogP contribution in [0.25, 0.3) is 21.9 Å². The van der Waals surface area contributed by atoms with Crippen LogP contribution >= 0.6 is 0 Å². The van der Waals surface area contributed by atoms with Gasteiger partial charge in [0.25, 0.3) is 10.0 Å². The van der Waals surface area contributed by atoms with Crippen molar-refractivity contribution in [3.63, 3.8) is 0 Å². The van der Waals surface area contributed by atoms with Crippen molar-refractivity contribution in [3.8, 4) is 11.6 Å². The maximum atomic E-state index is 13.4. The number of hydrogen-bond acceptors (Lipinski definition) is 9. The number of benzene rings is 1. The van der Waals surface area contributed by atoms with Gasteiger partial charge in [-0.15, -0.1) is 0 Å². The molecule has 1 N–H and O–H groups in total. The fourth-order valence-corrected chi connectivity index (χ4v) is 4.87. The van der Waals surface area contributed by atoms with Gasteiger partial charge in [-0.1, -0.05) is 11.2 Å². The molecule has 0 saturated heterocycles. The molecule has 0 aliphatic carbocycles. The van der Waals surface area contributed by atoms with Crippen molar-refractivity contribution in [2.75, 3.05) is 18.9 Å². The molecule has 168 valence electrons. The van der Waals surface area contributed by atoms with Crippen molar-refractivity contribution in [2.24, 2.45) is 0 Å². The van der Waals surface area contributed by atoms with Crippen LogP contribution in [-0.4, -0.2) is 47.5 Å². The molecule has 0 spiro atoms. The highest BCUT2D eigenvalue weighted by Gasteiger charge is 2.27. The minimum absolute atomic E-state index is 0.0602. The summed E-state index contributed by atoms with van der Waals surface area (Å²) in [6.45, 7) is 0.375. The number of nitrogens with one attached hydrogen (secondary N) is 1. The fraction of sp³-hybridized carbons (Fsp3) is 0.143. The summed E-state index contributed by atoms with van der Waals surface area (Å²) in [5.41, 5.74) is 1.18. The molecular formula is C21H18N6O5S. The zero-order chi connectivity index (χ0) is 23.0. The normalized spacial score (nSPS) is 11.7. The fourth-order valence-electron chi connectivity index (χ4n) is 3.53. The van der Waals surface area contributed by atoms with E-state index in [2.05, 4.69) is 24.9 Å². The first-order valence-electron chi connectivity index (χ1n) is 9.75. The smallest absolute Gasteiger partial charge is 0.269 e. The third kappa shape index (κ3) is 3.69. The number of aromatic nitrogens is 5. The van der Waals surface area contributed by atoms with Gasteiger partial charge in [0.05, 0.1) is 32.0 Å². The lowest BCUT2D eigenvalue weighted by Crippen LogP contribution is -2.15. The van der Waals surface area contributed by atoms with Crippen LogP contribution in [0.4, 0.5) is 5.82 Å². The lowest BCUT2D eigenvalue weighted by atomic mass is 10.2. The molecule has 0 fully saturated rings. The Bertz CT molecular complexity index is 1560. The maximum Gasteiger partial charge on any atom is 0.269 e. The highest BCUT2D eigenvalue weighted by Crippen LogP contribution is 2.36. The molecule has 0 aliphatic heterocycles. The topological polar surface area (TPSA) is 134 Å². The second-order valence-electron chi connectivity index (χ2n) is 7.01. The molecule has 0 unspecified atom stereocenters. The van der Waals surface area contributed by atoms with E-state index < -0.39 is 10.0 Å². The molecule has 5 rings (SSSR count). The van der Waals surface area contributed by atoms with Crippen molar-refractivity contribution in [3.05, 3.63) is 60.7 Å². The van der Waals surface area contributed by atoms with Gasteiger partial charge in [0.1, 0.15) is 11.1 Å². The summed E-state index contributed by atoms with van der Waals surface area (Å²) in [5, 5.41) is 9.01. The van der Waals surface area contributed by atoms with Crippen LogP contribution < -0.4 is 14.2 Å². The first kappa shape index (κ1) is 20.7. The van der Waals surface area contributed by atoms with E-state index >= 15 is 0 Å². The van der Waals surface area contributed by atoms with Crippen LogP contribution in [0.15, 0.2) is 64.4 Å². The zero-order valence-electron chi connectivity index (χ0n) is 17.6. The molecule has 0 atom stereocenters. The molecule has 33 heavy (non-hydrogen) atoms. The molecule has 0 saturated carbocycles. The largest absolute Gasteiger partial charge is 0.495 e. The van der Waals surface area contributed by atoms with Gasteiger partial charge in [0.2, 0.25) is 5.88 Å². The number of sulfonamides is 1. The van der Waals surface area contributed by atoms with Gasteiger partial charge in [-0.05, 0) is 24.3 Å². The van der Waals surface area contributed by atoms with Crippen LogP contribution in [0, 0.1) is 0 Å². The zero-order valence-corrected chi connectivity index (χ0v) is 18.4. The Morgan fingerprint density at radius 1 is 1.12 bits per heavy atom. The first-order valence-corrected chi connectivity index (χ1v) is 11.2. The van der Waals surface area contributed by atoms with E-state index in [0.29, 0.717) is 23.2 Å². The summed E-state index contributed by atoms with van der Waals surface area (Å²) in [7, 11) is -1.35. The number of anilines is 1. The van der Waals surface area contributed by atoms with Gasteiger partial charge in [-0.3, -0.25) is 14.4 Å². The Labute approximate surface area is 188 Å². The lowest BCUT2D eigenvalue weighted by molar-refractivity contribution is 0.400. The predicted molar refractivity (Wildman–Crippen MR) is 119 cm³/mol. The number of rotatable bonds is 7. The molecule has 0 bridgehead atoms. The summed E-state index contributed by atoms with van der Waals surface area (Å²) in [5.74, 6) is 0.250. The van der Waals surface area contributed by atoms with Crippen molar-refractivity contribution in [1.29, 1.82) is 0 Å². The molecule has 5 aromatic rings. The molecular weight excluding hydrogens is 448 g/mol. The van der Waals surface area contributed by atoms with Crippen LogP contribution in [0.2, 0.25) is 0 Å². The molecule has 4 heterocycles. The predicted octanol–water partition coefficient (Wildman–Crippen LogP) is 2.83. The molecule has 0 amide bonds. The van der Waals surface area contributed by atoms with E-state index in [-0.39, 0.29) is 33.2 Å². The number of pyridine rings is 2. The van der Waals surface area contributed by atoms with Crippen molar-refractivity contribution < 1.29 is 22.4 Å². The Morgan fingerprint density at radius 2 is 2.00 bits per heavy atom. The second kappa shape index (κ2) is 8.06. The molecule has 0 aliphatic rings. The average Bonchev–Trinajstić information content (AvgIpc) is 3.47. The van der Waals surface area contributed by atoms with E-state index in [1.165, 1.54) is 20.4 Å². The van der Waals surface area contributed by atoms with Crippen LogP contribution in [0.3, 0.4) is 0 Å².